The number of hydrogen-bond donors (Lipinski definition) is 2. The number of ketones is 2. The molecule has 0 radical (unpaired) electrons. The summed E-state index contributed by atoms with van der Waals surface area (Å²) < 4.78 is 5.65. The SMILES string of the molecule is CC(=O)c1cccc2c1OB(O)[C@@H](CC(=O)Cc1ccc(CN3CCNCC3)cc1)C2. The molecule has 0 aliphatic carbocycles. The summed E-state index contributed by atoms with van der Waals surface area (Å²) in [7, 11) is -1.08. The molecule has 0 aromatic heterocycles. The molecule has 4 rings (SSSR count). The van der Waals surface area contributed by atoms with Gasteiger partial charge >= 0.3 is 7.12 Å². The van der Waals surface area contributed by atoms with Crippen LogP contribution in [0, 0.1) is 0 Å². The second kappa shape index (κ2) is 9.77. The highest BCUT2D eigenvalue weighted by Gasteiger charge is 2.37. The Morgan fingerprint density at radius 2 is 1.84 bits per heavy atom. The van der Waals surface area contributed by atoms with Gasteiger partial charge in [-0.05, 0) is 36.1 Å². The summed E-state index contributed by atoms with van der Waals surface area (Å²) in [5.41, 5.74) is 3.59. The van der Waals surface area contributed by atoms with Crippen molar-refractivity contribution in [2.45, 2.75) is 38.5 Å². The topological polar surface area (TPSA) is 78.9 Å². The number of rotatable bonds is 7. The van der Waals surface area contributed by atoms with E-state index in [4.69, 9.17) is 4.65 Å². The van der Waals surface area contributed by atoms with Crippen LogP contribution in [-0.4, -0.2) is 54.8 Å². The lowest BCUT2D eigenvalue weighted by molar-refractivity contribution is -0.118. The van der Waals surface area contributed by atoms with E-state index < -0.39 is 7.12 Å². The van der Waals surface area contributed by atoms with Gasteiger partial charge in [-0.1, -0.05) is 36.4 Å². The minimum absolute atomic E-state index is 0.0775. The maximum atomic E-state index is 12.7. The first-order chi connectivity index (χ1) is 15.0. The van der Waals surface area contributed by atoms with Crippen molar-refractivity contribution in [2.75, 3.05) is 26.2 Å². The Labute approximate surface area is 183 Å². The third-order valence-electron chi connectivity index (χ3n) is 6.13. The highest BCUT2D eigenvalue weighted by Crippen LogP contribution is 2.36. The van der Waals surface area contributed by atoms with Crippen LogP contribution in [0.1, 0.15) is 40.4 Å². The van der Waals surface area contributed by atoms with Crippen LogP contribution in [0.2, 0.25) is 5.82 Å². The van der Waals surface area contributed by atoms with E-state index in [1.54, 1.807) is 6.07 Å². The molecule has 2 aromatic carbocycles. The Morgan fingerprint density at radius 3 is 2.55 bits per heavy atom. The summed E-state index contributed by atoms with van der Waals surface area (Å²) in [6.45, 7) is 6.60. The zero-order chi connectivity index (χ0) is 21.8. The molecule has 6 nitrogen and oxygen atoms in total. The largest absolute Gasteiger partial charge is 0.535 e. The van der Waals surface area contributed by atoms with Crippen molar-refractivity contribution in [3.8, 4) is 5.75 Å². The van der Waals surface area contributed by atoms with Gasteiger partial charge in [-0.3, -0.25) is 14.5 Å². The Morgan fingerprint density at radius 1 is 1.13 bits per heavy atom. The average Bonchev–Trinajstić information content (AvgIpc) is 2.76. The summed E-state index contributed by atoms with van der Waals surface area (Å²) in [6, 6.07) is 13.7. The van der Waals surface area contributed by atoms with Gasteiger partial charge < -0.3 is 15.0 Å². The van der Waals surface area contributed by atoms with Crippen molar-refractivity contribution in [1.29, 1.82) is 0 Å². The van der Waals surface area contributed by atoms with Crippen LogP contribution in [0.15, 0.2) is 42.5 Å². The van der Waals surface area contributed by atoms with Crippen LogP contribution in [0.25, 0.3) is 0 Å². The summed E-state index contributed by atoms with van der Waals surface area (Å²) >= 11 is 0. The van der Waals surface area contributed by atoms with Crippen molar-refractivity contribution in [3.63, 3.8) is 0 Å². The second-order valence-corrected chi connectivity index (χ2v) is 8.58. The first-order valence-corrected chi connectivity index (χ1v) is 11.0. The number of hydrogen-bond acceptors (Lipinski definition) is 6. The molecule has 7 heteroatoms. The van der Waals surface area contributed by atoms with E-state index in [1.807, 2.05) is 24.3 Å². The van der Waals surface area contributed by atoms with Crippen LogP contribution in [0.5, 0.6) is 5.75 Å². The lowest BCUT2D eigenvalue weighted by atomic mass is 9.64. The van der Waals surface area contributed by atoms with Crippen LogP contribution in [0.3, 0.4) is 0 Å². The molecule has 2 heterocycles. The Kier molecular flexibility index (Phi) is 6.85. The van der Waals surface area contributed by atoms with Gasteiger partial charge in [0.1, 0.15) is 11.5 Å². The summed E-state index contributed by atoms with van der Waals surface area (Å²) in [6.07, 6.45) is 1.11. The van der Waals surface area contributed by atoms with Gasteiger partial charge in [0, 0.05) is 51.4 Å². The minimum atomic E-state index is -1.08. The maximum Gasteiger partial charge on any atom is 0.526 e. The van der Waals surface area contributed by atoms with Crippen molar-refractivity contribution >= 4 is 18.7 Å². The number of carbonyl (C=O) groups is 2. The summed E-state index contributed by atoms with van der Waals surface area (Å²) in [5, 5.41) is 13.8. The molecule has 2 N–H and O–H groups in total. The number of Topliss-reactive ketones (excluding diaryl/α,β-unsaturated/α-hetero) is 2. The number of fused-ring (bicyclic) bond motifs is 1. The zero-order valence-electron chi connectivity index (χ0n) is 18.0. The van der Waals surface area contributed by atoms with Gasteiger partial charge in [-0.15, -0.1) is 0 Å². The molecule has 1 fully saturated rings. The molecule has 0 amide bonds. The normalized spacial score (nSPS) is 18.9. The van der Waals surface area contributed by atoms with Crippen LogP contribution in [-0.2, 0) is 24.2 Å². The van der Waals surface area contributed by atoms with Crippen molar-refractivity contribution in [2.24, 2.45) is 0 Å². The predicted octanol–water partition coefficient (Wildman–Crippen LogP) is 2.28. The van der Waals surface area contributed by atoms with Gasteiger partial charge in [-0.2, -0.15) is 0 Å². The molecule has 0 bridgehead atoms. The zero-order valence-corrected chi connectivity index (χ0v) is 18.0. The standard InChI is InChI=1S/C24H29BN2O4/c1-17(28)23-4-2-3-20-14-21(25(30)31-24(20)23)15-22(29)13-18-5-7-19(8-6-18)16-27-11-9-26-10-12-27/h2-8,21,26,30H,9-16H2,1H3/t21-/m1/s1. The second-order valence-electron chi connectivity index (χ2n) is 8.58. The fourth-order valence-electron chi connectivity index (χ4n) is 4.42. The van der Waals surface area contributed by atoms with Gasteiger partial charge in [0.2, 0.25) is 0 Å². The lowest BCUT2D eigenvalue weighted by Gasteiger charge is -2.28. The predicted molar refractivity (Wildman–Crippen MR) is 120 cm³/mol. The highest BCUT2D eigenvalue weighted by atomic mass is 16.5. The number of benzene rings is 2. The van der Waals surface area contributed by atoms with Crippen molar-refractivity contribution < 1.29 is 19.3 Å². The maximum absolute atomic E-state index is 12.7. The minimum Gasteiger partial charge on any atom is -0.535 e. The fourth-order valence-corrected chi connectivity index (χ4v) is 4.42. The monoisotopic (exact) mass is 420 g/mol. The van der Waals surface area contributed by atoms with E-state index in [0.717, 1.165) is 43.9 Å². The molecule has 2 aliphatic heterocycles. The Hall–Kier alpha value is -2.48. The molecule has 162 valence electrons. The van der Waals surface area contributed by atoms with E-state index in [2.05, 4.69) is 22.3 Å². The Balaban J connectivity index is 1.33. The van der Waals surface area contributed by atoms with E-state index >= 15 is 0 Å². The molecule has 0 saturated carbocycles. The van der Waals surface area contributed by atoms with Crippen LogP contribution in [0.4, 0.5) is 0 Å². The third kappa shape index (κ3) is 5.42. The number of carbonyl (C=O) groups excluding carboxylic acids is 2. The molecular formula is C24H29BN2O4. The fraction of sp³-hybridized carbons (Fsp3) is 0.417. The Bertz CT molecular complexity index is 941. The molecule has 1 atom stereocenters. The van der Waals surface area contributed by atoms with Gasteiger partial charge in [0.05, 0.1) is 5.56 Å². The molecule has 2 aliphatic rings. The molecule has 0 spiro atoms. The van der Waals surface area contributed by atoms with Gasteiger partial charge in [-0.25, -0.2) is 0 Å². The molecule has 31 heavy (non-hydrogen) atoms. The van der Waals surface area contributed by atoms with E-state index in [0.29, 0.717) is 24.2 Å². The number of piperazine rings is 1. The van der Waals surface area contributed by atoms with Gasteiger partial charge in [0.15, 0.2) is 5.78 Å². The molecule has 2 aromatic rings. The highest BCUT2D eigenvalue weighted by molar-refractivity contribution is 6.47. The molecule has 1 saturated heterocycles. The smallest absolute Gasteiger partial charge is 0.526 e. The van der Waals surface area contributed by atoms with Crippen molar-refractivity contribution in [1.82, 2.24) is 10.2 Å². The first kappa shape index (κ1) is 21.7. The molecular weight excluding hydrogens is 391 g/mol. The first-order valence-electron chi connectivity index (χ1n) is 11.0. The number of para-hydroxylation sites is 1. The summed E-state index contributed by atoms with van der Waals surface area (Å²) in [4.78, 5) is 26.9. The third-order valence-corrected chi connectivity index (χ3v) is 6.13. The number of nitrogens with zero attached hydrogens (tertiary/aromatic N) is 1. The van der Waals surface area contributed by atoms with Crippen LogP contribution < -0.4 is 9.97 Å². The summed E-state index contributed by atoms with van der Waals surface area (Å²) in [5.74, 6) is 0.119. The van der Waals surface area contributed by atoms with Crippen LogP contribution >= 0.6 is 0 Å². The lowest BCUT2D eigenvalue weighted by Crippen LogP contribution is -2.42. The van der Waals surface area contributed by atoms with Gasteiger partial charge in [0.25, 0.3) is 0 Å². The van der Waals surface area contributed by atoms with E-state index in [9.17, 15) is 14.6 Å². The van der Waals surface area contributed by atoms with E-state index in [1.165, 1.54) is 12.5 Å². The van der Waals surface area contributed by atoms with E-state index in [-0.39, 0.29) is 23.8 Å². The molecule has 0 unspecified atom stereocenters. The average molecular weight is 420 g/mol. The quantitative estimate of drug-likeness (QED) is 0.529. The number of nitrogens with one attached hydrogen (secondary N) is 1. The van der Waals surface area contributed by atoms with Crippen molar-refractivity contribution in [3.05, 3.63) is 64.7 Å².